The first-order chi connectivity index (χ1) is 13.5. The number of esters is 2. The Morgan fingerprint density at radius 3 is 2.00 bits per heavy atom. The van der Waals surface area contributed by atoms with E-state index in [0.717, 1.165) is 0 Å². The Bertz CT molecular complexity index is 759. The molecule has 0 saturated heterocycles. The van der Waals surface area contributed by atoms with Crippen LogP contribution < -0.4 is 0 Å². The fourth-order valence-electron chi connectivity index (χ4n) is 2.06. The molecule has 1 unspecified atom stereocenters. The Balaban J connectivity index is 0.000000734. The molecule has 0 saturated carbocycles. The minimum Gasteiger partial charge on any atom is -0.466 e. The minimum absolute atomic E-state index is 0.103. The summed E-state index contributed by atoms with van der Waals surface area (Å²) in [6.45, 7) is 6.44. The van der Waals surface area contributed by atoms with Crippen LogP contribution >= 0.6 is 23.2 Å². The SMILES string of the molecule is CCOC(=O)C(CC(=O)c1ccc(Cl)cc1Cl)C(C)=O.CCOC(=O)CC(C)=O. The highest BCUT2D eigenvalue weighted by molar-refractivity contribution is 6.36. The van der Waals surface area contributed by atoms with Gasteiger partial charge in [-0.25, -0.2) is 0 Å². The molecule has 160 valence electrons. The molecule has 0 aliphatic carbocycles. The molecule has 0 aromatic heterocycles. The molecule has 1 aromatic rings. The predicted octanol–water partition coefficient (Wildman–Crippen LogP) is 3.86. The van der Waals surface area contributed by atoms with Crippen LogP contribution in [0.15, 0.2) is 18.2 Å². The van der Waals surface area contributed by atoms with E-state index in [1.165, 1.54) is 32.0 Å². The van der Waals surface area contributed by atoms with Crippen molar-refractivity contribution in [2.75, 3.05) is 13.2 Å². The van der Waals surface area contributed by atoms with E-state index in [1.54, 1.807) is 13.8 Å². The van der Waals surface area contributed by atoms with Crippen molar-refractivity contribution in [3.63, 3.8) is 0 Å². The van der Waals surface area contributed by atoms with E-state index in [9.17, 15) is 24.0 Å². The number of ether oxygens (including phenoxy) is 2. The molecule has 0 spiro atoms. The number of halogens is 2. The van der Waals surface area contributed by atoms with Crippen molar-refractivity contribution in [3.8, 4) is 0 Å². The van der Waals surface area contributed by atoms with Crippen molar-refractivity contribution < 1.29 is 33.4 Å². The molecular weight excluding hydrogens is 423 g/mol. The van der Waals surface area contributed by atoms with Crippen LogP contribution in [0.4, 0.5) is 0 Å². The van der Waals surface area contributed by atoms with Crippen molar-refractivity contribution >= 4 is 52.5 Å². The highest BCUT2D eigenvalue weighted by atomic mass is 35.5. The van der Waals surface area contributed by atoms with Crippen LogP contribution in [-0.2, 0) is 28.7 Å². The average molecular weight is 447 g/mol. The van der Waals surface area contributed by atoms with Gasteiger partial charge in [-0.05, 0) is 45.9 Å². The maximum Gasteiger partial charge on any atom is 0.316 e. The van der Waals surface area contributed by atoms with Gasteiger partial charge in [0.25, 0.3) is 0 Å². The molecule has 1 atom stereocenters. The van der Waals surface area contributed by atoms with E-state index in [-0.39, 0.29) is 35.8 Å². The van der Waals surface area contributed by atoms with Crippen molar-refractivity contribution in [2.45, 2.75) is 40.5 Å². The molecule has 0 amide bonds. The molecule has 7 nitrogen and oxygen atoms in total. The smallest absolute Gasteiger partial charge is 0.316 e. The van der Waals surface area contributed by atoms with E-state index in [1.807, 2.05) is 0 Å². The summed E-state index contributed by atoms with van der Waals surface area (Å²) >= 11 is 11.7. The first-order valence-electron chi connectivity index (χ1n) is 8.83. The van der Waals surface area contributed by atoms with Crippen LogP contribution in [-0.4, -0.2) is 42.5 Å². The number of hydrogen-bond donors (Lipinski definition) is 0. The summed E-state index contributed by atoms with van der Waals surface area (Å²) in [5, 5.41) is 0.591. The number of carbonyl (C=O) groups excluding carboxylic acids is 5. The van der Waals surface area contributed by atoms with Crippen molar-refractivity contribution in [1.82, 2.24) is 0 Å². The van der Waals surface area contributed by atoms with Gasteiger partial charge in [-0.1, -0.05) is 23.2 Å². The van der Waals surface area contributed by atoms with Crippen molar-refractivity contribution in [3.05, 3.63) is 33.8 Å². The first kappa shape index (κ1) is 26.8. The normalized spacial score (nSPS) is 10.8. The third-order valence-electron chi connectivity index (χ3n) is 3.38. The summed E-state index contributed by atoms with van der Waals surface area (Å²) in [6, 6.07) is 4.42. The molecule has 0 aliphatic heterocycles. The first-order valence-corrected chi connectivity index (χ1v) is 9.59. The molecule has 9 heteroatoms. The second-order valence-electron chi connectivity index (χ2n) is 5.85. The fourth-order valence-corrected chi connectivity index (χ4v) is 2.58. The van der Waals surface area contributed by atoms with Crippen LogP contribution in [0, 0.1) is 5.92 Å². The highest BCUT2D eigenvalue weighted by Gasteiger charge is 2.28. The molecule has 1 rings (SSSR count). The van der Waals surface area contributed by atoms with E-state index in [0.29, 0.717) is 11.6 Å². The monoisotopic (exact) mass is 446 g/mol. The minimum atomic E-state index is -1.10. The third-order valence-corrected chi connectivity index (χ3v) is 3.93. The Hall–Kier alpha value is -2.25. The van der Waals surface area contributed by atoms with Gasteiger partial charge < -0.3 is 9.47 Å². The van der Waals surface area contributed by atoms with Gasteiger partial charge in [0.1, 0.15) is 23.9 Å². The Labute approximate surface area is 179 Å². The summed E-state index contributed by atoms with van der Waals surface area (Å²) in [6.07, 6.45) is -0.372. The van der Waals surface area contributed by atoms with Crippen molar-refractivity contribution in [1.29, 1.82) is 0 Å². The van der Waals surface area contributed by atoms with Gasteiger partial charge in [-0.2, -0.15) is 0 Å². The largest absolute Gasteiger partial charge is 0.466 e. The molecule has 0 radical (unpaired) electrons. The summed E-state index contributed by atoms with van der Waals surface area (Å²) < 4.78 is 9.28. The van der Waals surface area contributed by atoms with Crippen LogP contribution in [0.25, 0.3) is 0 Å². The second-order valence-corrected chi connectivity index (χ2v) is 6.69. The lowest BCUT2D eigenvalue weighted by Crippen LogP contribution is -2.27. The standard InChI is InChI=1S/C14H14Cl2O4.C6H10O3/c1-3-20-14(19)11(8(2)17)7-13(18)10-5-4-9(15)6-12(10)16;1-3-9-6(8)4-5(2)7/h4-6,11H,3,7H2,1-2H3;3-4H2,1-2H3. The lowest BCUT2D eigenvalue weighted by atomic mass is 9.95. The molecule has 1 aromatic carbocycles. The molecule has 0 bridgehead atoms. The molecule has 0 N–H and O–H groups in total. The van der Waals surface area contributed by atoms with Gasteiger partial charge >= 0.3 is 11.9 Å². The summed E-state index contributed by atoms with van der Waals surface area (Å²) in [5.41, 5.74) is 0.228. The van der Waals surface area contributed by atoms with E-state index >= 15 is 0 Å². The van der Waals surface area contributed by atoms with Gasteiger partial charge in [0.2, 0.25) is 0 Å². The number of carbonyl (C=O) groups is 5. The van der Waals surface area contributed by atoms with Gasteiger partial charge in [0, 0.05) is 17.0 Å². The molecule has 0 aliphatic rings. The van der Waals surface area contributed by atoms with Crippen LogP contribution in [0.2, 0.25) is 10.0 Å². The zero-order valence-electron chi connectivity index (χ0n) is 16.8. The average Bonchev–Trinajstić information content (AvgIpc) is 2.59. The molecule has 29 heavy (non-hydrogen) atoms. The van der Waals surface area contributed by atoms with E-state index in [2.05, 4.69) is 4.74 Å². The van der Waals surface area contributed by atoms with Crippen LogP contribution in [0.1, 0.15) is 50.9 Å². The maximum absolute atomic E-state index is 12.1. The topological polar surface area (TPSA) is 104 Å². The van der Waals surface area contributed by atoms with E-state index in [4.69, 9.17) is 27.9 Å². The Kier molecular flexibility index (Phi) is 12.8. The maximum atomic E-state index is 12.1. The summed E-state index contributed by atoms with van der Waals surface area (Å²) in [5.74, 6) is -3.21. The molecular formula is C20H24Cl2O7. The van der Waals surface area contributed by atoms with E-state index < -0.39 is 29.4 Å². The lowest BCUT2D eigenvalue weighted by molar-refractivity contribution is -0.151. The Morgan fingerprint density at radius 2 is 1.55 bits per heavy atom. The van der Waals surface area contributed by atoms with Gasteiger partial charge in [0.15, 0.2) is 5.78 Å². The van der Waals surface area contributed by atoms with Gasteiger partial charge in [-0.3, -0.25) is 24.0 Å². The van der Waals surface area contributed by atoms with Crippen LogP contribution in [0.3, 0.4) is 0 Å². The lowest BCUT2D eigenvalue weighted by Gasteiger charge is -2.12. The van der Waals surface area contributed by atoms with Crippen LogP contribution in [0.5, 0.6) is 0 Å². The van der Waals surface area contributed by atoms with Gasteiger partial charge in [0.05, 0.1) is 18.2 Å². The molecule has 0 fully saturated rings. The zero-order chi connectivity index (χ0) is 22.6. The number of ketones is 3. The zero-order valence-corrected chi connectivity index (χ0v) is 18.3. The number of hydrogen-bond acceptors (Lipinski definition) is 7. The van der Waals surface area contributed by atoms with Crippen molar-refractivity contribution in [2.24, 2.45) is 5.92 Å². The number of rotatable bonds is 9. The van der Waals surface area contributed by atoms with Gasteiger partial charge in [-0.15, -0.1) is 0 Å². The summed E-state index contributed by atoms with van der Waals surface area (Å²) in [7, 11) is 0. The quantitative estimate of drug-likeness (QED) is 0.322. The Morgan fingerprint density at radius 1 is 0.966 bits per heavy atom. The number of Topliss-reactive ketones (excluding diaryl/α,β-unsaturated/α-hetero) is 3. The second kappa shape index (κ2) is 13.8. The highest BCUT2D eigenvalue weighted by Crippen LogP contribution is 2.23. The predicted molar refractivity (Wildman–Crippen MR) is 108 cm³/mol. The fraction of sp³-hybridized carbons (Fsp3) is 0.450. The summed E-state index contributed by atoms with van der Waals surface area (Å²) in [4.78, 5) is 55.9. The molecule has 0 heterocycles. The third kappa shape index (κ3) is 10.8. The number of benzene rings is 1.